The van der Waals surface area contributed by atoms with E-state index in [0.717, 1.165) is 18.4 Å². The number of sulfonamides is 1. The maximum Gasteiger partial charge on any atom is 0.338 e. The Labute approximate surface area is 172 Å². The second-order valence-corrected chi connectivity index (χ2v) is 8.50. The van der Waals surface area contributed by atoms with Crippen molar-refractivity contribution in [3.05, 3.63) is 65.2 Å². The fourth-order valence-corrected chi connectivity index (χ4v) is 4.38. The molecule has 0 saturated heterocycles. The van der Waals surface area contributed by atoms with E-state index in [-0.39, 0.29) is 22.8 Å². The molecule has 6 nitrogen and oxygen atoms in total. The molecule has 0 saturated carbocycles. The smallest absolute Gasteiger partial charge is 0.338 e. The molecule has 2 aromatic rings. The van der Waals surface area contributed by atoms with Crippen LogP contribution in [-0.2, 0) is 21.2 Å². The van der Waals surface area contributed by atoms with Gasteiger partial charge in [-0.3, -0.25) is 4.79 Å². The van der Waals surface area contributed by atoms with Gasteiger partial charge >= 0.3 is 5.97 Å². The number of nitrogens with zero attached hydrogens (tertiary/aromatic N) is 1. The second kappa shape index (κ2) is 10.3. The van der Waals surface area contributed by atoms with E-state index in [1.807, 2.05) is 12.1 Å². The van der Waals surface area contributed by atoms with Gasteiger partial charge in [0.05, 0.1) is 10.5 Å². The number of ether oxygens (including phenoxy) is 1. The van der Waals surface area contributed by atoms with Crippen LogP contribution in [-0.4, -0.2) is 44.2 Å². The summed E-state index contributed by atoms with van der Waals surface area (Å²) in [5.74, 6) is -0.963. The monoisotopic (exact) mass is 417 g/mol. The number of hydrogen-bond donors (Lipinski definition) is 0. The molecule has 2 aromatic carbocycles. The average Bonchev–Trinajstić information content (AvgIpc) is 2.73. The van der Waals surface area contributed by atoms with Gasteiger partial charge in [0.25, 0.3) is 0 Å². The van der Waals surface area contributed by atoms with E-state index in [0.29, 0.717) is 18.7 Å². The number of rotatable bonds is 10. The number of benzene rings is 2. The van der Waals surface area contributed by atoms with Crippen molar-refractivity contribution in [1.82, 2.24) is 4.31 Å². The van der Waals surface area contributed by atoms with Gasteiger partial charge in [-0.25, -0.2) is 13.2 Å². The quantitative estimate of drug-likeness (QED) is 0.435. The van der Waals surface area contributed by atoms with Crippen LogP contribution in [0.3, 0.4) is 0 Å². The minimum Gasteiger partial charge on any atom is -0.454 e. The Kier molecular flexibility index (Phi) is 8.10. The summed E-state index contributed by atoms with van der Waals surface area (Å²) < 4.78 is 31.4. The zero-order valence-corrected chi connectivity index (χ0v) is 17.9. The highest BCUT2D eigenvalue weighted by atomic mass is 32.2. The zero-order valence-electron chi connectivity index (χ0n) is 17.1. The molecule has 0 aromatic heterocycles. The molecule has 156 valence electrons. The lowest BCUT2D eigenvalue weighted by Crippen LogP contribution is -2.30. The van der Waals surface area contributed by atoms with Gasteiger partial charge in [-0.05, 0) is 36.2 Å². The lowest BCUT2D eigenvalue weighted by atomic mass is 10.1. The van der Waals surface area contributed by atoms with Crippen molar-refractivity contribution in [2.24, 2.45) is 0 Å². The SMILES string of the molecule is CCCc1ccc(C(=O)COC(=O)c2ccc(S(=O)(=O)N(CC)CC)cc2)cc1. The third-order valence-corrected chi connectivity index (χ3v) is 6.65. The summed E-state index contributed by atoms with van der Waals surface area (Å²) in [6.07, 6.45) is 1.98. The van der Waals surface area contributed by atoms with E-state index in [1.165, 1.54) is 28.6 Å². The third-order valence-electron chi connectivity index (χ3n) is 4.58. The Balaban J connectivity index is 1.99. The first-order valence-electron chi connectivity index (χ1n) is 9.72. The predicted molar refractivity (Wildman–Crippen MR) is 112 cm³/mol. The van der Waals surface area contributed by atoms with E-state index >= 15 is 0 Å². The number of aryl methyl sites for hydroxylation is 1. The largest absolute Gasteiger partial charge is 0.454 e. The number of ketones is 1. The van der Waals surface area contributed by atoms with E-state index < -0.39 is 16.0 Å². The average molecular weight is 418 g/mol. The molecule has 0 aliphatic heterocycles. The fraction of sp³-hybridized carbons (Fsp3) is 0.364. The number of carbonyl (C=O) groups is 2. The fourth-order valence-electron chi connectivity index (χ4n) is 2.92. The molecule has 0 radical (unpaired) electrons. The van der Waals surface area contributed by atoms with Crippen LogP contribution in [0.1, 0.15) is 53.5 Å². The summed E-state index contributed by atoms with van der Waals surface area (Å²) >= 11 is 0. The van der Waals surface area contributed by atoms with Gasteiger partial charge in [-0.1, -0.05) is 51.5 Å². The molecule has 29 heavy (non-hydrogen) atoms. The first-order valence-corrected chi connectivity index (χ1v) is 11.2. The van der Waals surface area contributed by atoms with E-state index in [4.69, 9.17) is 4.74 Å². The summed E-state index contributed by atoms with van der Waals surface area (Å²) in [7, 11) is -3.59. The second-order valence-electron chi connectivity index (χ2n) is 6.56. The van der Waals surface area contributed by atoms with Crippen LogP contribution in [0, 0.1) is 0 Å². The third kappa shape index (κ3) is 5.74. The summed E-state index contributed by atoms with van der Waals surface area (Å²) in [5.41, 5.74) is 1.83. The lowest BCUT2D eigenvalue weighted by molar-refractivity contribution is 0.0474. The minimum absolute atomic E-state index is 0.112. The molecule has 0 aliphatic rings. The molecule has 0 fully saturated rings. The van der Waals surface area contributed by atoms with Crippen molar-refractivity contribution < 1.29 is 22.7 Å². The lowest BCUT2D eigenvalue weighted by Gasteiger charge is -2.18. The van der Waals surface area contributed by atoms with Crippen molar-refractivity contribution in [1.29, 1.82) is 0 Å². The normalized spacial score (nSPS) is 11.4. The summed E-state index contributed by atoms with van der Waals surface area (Å²) in [6, 6.07) is 12.8. The molecule has 0 spiro atoms. The maximum atomic E-state index is 12.5. The first kappa shape index (κ1) is 22.8. The highest BCUT2D eigenvalue weighted by Crippen LogP contribution is 2.17. The van der Waals surface area contributed by atoms with Crippen molar-refractivity contribution in [3.8, 4) is 0 Å². The molecule has 0 atom stereocenters. The number of carbonyl (C=O) groups excluding carboxylic acids is 2. The van der Waals surface area contributed by atoms with Crippen LogP contribution >= 0.6 is 0 Å². The highest BCUT2D eigenvalue weighted by Gasteiger charge is 2.22. The minimum atomic E-state index is -3.59. The molecule has 0 amide bonds. The molecule has 7 heteroatoms. The molecule has 0 unspecified atom stereocenters. The van der Waals surface area contributed by atoms with Gasteiger partial charge < -0.3 is 4.74 Å². The van der Waals surface area contributed by atoms with Gasteiger partial charge in [0.15, 0.2) is 12.4 Å². The number of hydrogen-bond acceptors (Lipinski definition) is 5. The standard InChI is InChI=1S/C22H27NO5S/c1-4-7-17-8-10-18(11-9-17)21(24)16-28-22(25)19-12-14-20(15-13-19)29(26,27)23(5-2)6-3/h8-15H,4-7,16H2,1-3H3. The number of esters is 1. The molecular weight excluding hydrogens is 390 g/mol. The Hall–Kier alpha value is -2.51. The predicted octanol–water partition coefficient (Wildman–Crippen LogP) is 3.71. The Bertz CT molecular complexity index is 930. The van der Waals surface area contributed by atoms with Gasteiger partial charge in [-0.2, -0.15) is 4.31 Å². The number of Topliss-reactive ketones (excluding diaryl/α,β-unsaturated/α-hetero) is 1. The van der Waals surface area contributed by atoms with E-state index in [1.54, 1.807) is 26.0 Å². The van der Waals surface area contributed by atoms with Crippen LogP contribution in [0.2, 0.25) is 0 Å². The van der Waals surface area contributed by atoms with Crippen molar-refractivity contribution in [2.75, 3.05) is 19.7 Å². The Morgan fingerprint density at radius 2 is 1.41 bits per heavy atom. The molecular formula is C22H27NO5S. The van der Waals surface area contributed by atoms with Gasteiger partial charge in [-0.15, -0.1) is 0 Å². The maximum absolute atomic E-state index is 12.5. The summed E-state index contributed by atoms with van der Waals surface area (Å²) in [5, 5.41) is 0. The molecule has 0 N–H and O–H groups in total. The van der Waals surface area contributed by atoms with Crippen LogP contribution < -0.4 is 0 Å². The highest BCUT2D eigenvalue weighted by molar-refractivity contribution is 7.89. The summed E-state index contributed by atoms with van der Waals surface area (Å²) in [4.78, 5) is 24.5. The van der Waals surface area contributed by atoms with Crippen molar-refractivity contribution in [2.45, 2.75) is 38.5 Å². The van der Waals surface area contributed by atoms with Crippen LogP contribution in [0.5, 0.6) is 0 Å². The Morgan fingerprint density at radius 3 is 1.93 bits per heavy atom. The van der Waals surface area contributed by atoms with Crippen LogP contribution in [0.25, 0.3) is 0 Å². The first-order chi connectivity index (χ1) is 13.8. The van der Waals surface area contributed by atoms with Gasteiger partial charge in [0, 0.05) is 18.7 Å². The summed E-state index contributed by atoms with van der Waals surface area (Å²) in [6.45, 7) is 5.98. The Morgan fingerprint density at radius 1 is 0.862 bits per heavy atom. The van der Waals surface area contributed by atoms with Crippen LogP contribution in [0.15, 0.2) is 53.4 Å². The van der Waals surface area contributed by atoms with Gasteiger partial charge in [0.2, 0.25) is 10.0 Å². The molecule has 0 bridgehead atoms. The molecule has 0 aliphatic carbocycles. The topological polar surface area (TPSA) is 80.8 Å². The van der Waals surface area contributed by atoms with Crippen molar-refractivity contribution >= 4 is 21.8 Å². The van der Waals surface area contributed by atoms with Crippen molar-refractivity contribution in [3.63, 3.8) is 0 Å². The van der Waals surface area contributed by atoms with E-state index in [9.17, 15) is 18.0 Å². The van der Waals surface area contributed by atoms with Crippen LogP contribution in [0.4, 0.5) is 0 Å². The van der Waals surface area contributed by atoms with Gasteiger partial charge in [0.1, 0.15) is 0 Å². The van der Waals surface area contributed by atoms with E-state index in [2.05, 4.69) is 6.92 Å². The molecule has 0 heterocycles. The molecule has 2 rings (SSSR count). The zero-order chi connectivity index (χ0) is 21.4.